The normalized spacial score (nSPS) is 18.3. The van der Waals surface area contributed by atoms with Crippen molar-refractivity contribution in [1.82, 2.24) is 0 Å². The topological polar surface area (TPSA) is 75.7 Å². The number of amides is 1. The van der Waals surface area contributed by atoms with E-state index in [1.165, 1.54) is 0 Å². The molecule has 3 rings (SSSR count). The molecule has 0 spiro atoms. The summed E-state index contributed by atoms with van der Waals surface area (Å²) in [4.78, 5) is 14.3. The maximum absolute atomic E-state index is 12.3. The summed E-state index contributed by atoms with van der Waals surface area (Å²) in [5, 5.41) is 2.85. The van der Waals surface area contributed by atoms with Gasteiger partial charge in [0, 0.05) is 30.0 Å². The van der Waals surface area contributed by atoms with Crippen molar-refractivity contribution in [3.63, 3.8) is 0 Å². The van der Waals surface area contributed by atoms with Crippen LogP contribution in [-0.2, 0) is 9.84 Å². The number of hydrogen-bond acceptors (Lipinski definition) is 5. The molecule has 2 aromatic rings. The Morgan fingerprint density at radius 3 is 2.54 bits per heavy atom. The molecule has 0 aliphatic carbocycles. The molecule has 2 aromatic carbocycles. The molecule has 1 aliphatic rings. The van der Waals surface area contributed by atoms with Gasteiger partial charge in [0.2, 0.25) is 0 Å². The third kappa shape index (κ3) is 4.16. The molecule has 0 radical (unpaired) electrons. The number of hydrogen-bond donors (Lipinski definition) is 1. The van der Waals surface area contributed by atoms with Crippen molar-refractivity contribution in [2.45, 2.75) is 12.5 Å². The van der Waals surface area contributed by atoms with Crippen molar-refractivity contribution in [1.29, 1.82) is 0 Å². The van der Waals surface area contributed by atoms with E-state index >= 15 is 0 Å². The lowest BCUT2D eigenvalue weighted by molar-refractivity contribution is 0.102. The van der Waals surface area contributed by atoms with E-state index in [1.54, 1.807) is 31.4 Å². The molecule has 0 aromatic heterocycles. The molecule has 1 heterocycles. The van der Waals surface area contributed by atoms with Gasteiger partial charge >= 0.3 is 0 Å². The fraction of sp³-hybridized carbons (Fsp3) is 0.316. The van der Waals surface area contributed by atoms with Crippen LogP contribution < -0.4 is 15.0 Å². The number of sulfone groups is 1. The molecule has 1 N–H and O–H groups in total. The summed E-state index contributed by atoms with van der Waals surface area (Å²) in [6, 6.07) is 14.3. The smallest absolute Gasteiger partial charge is 0.255 e. The Kier molecular flexibility index (Phi) is 5.18. The Labute approximate surface area is 153 Å². The summed E-state index contributed by atoms with van der Waals surface area (Å²) < 4.78 is 28.4. The second kappa shape index (κ2) is 7.37. The fourth-order valence-electron chi connectivity index (χ4n) is 3.04. The van der Waals surface area contributed by atoms with Gasteiger partial charge in [-0.05, 0) is 48.9 Å². The Bertz CT molecular complexity index is 894. The van der Waals surface area contributed by atoms with E-state index in [9.17, 15) is 13.2 Å². The van der Waals surface area contributed by atoms with Gasteiger partial charge in [-0.25, -0.2) is 8.42 Å². The predicted octanol–water partition coefficient (Wildman–Crippen LogP) is 2.57. The first-order chi connectivity index (χ1) is 12.4. The van der Waals surface area contributed by atoms with Gasteiger partial charge in [-0.3, -0.25) is 4.79 Å². The van der Waals surface area contributed by atoms with Gasteiger partial charge < -0.3 is 15.0 Å². The van der Waals surface area contributed by atoms with Crippen molar-refractivity contribution in [2.75, 3.05) is 35.9 Å². The zero-order valence-corrected chi connectivity index (χ0v) is 15.6. The van der Waals surface area contributed by atoms with Gasteiger partial charge in [-0.1, -0.05) is 6.07 Å². The zero-order chi connectivity index (χ0) is 18.7. The van der Waals surface area contributed by atoms with Crippen LogP contribution in [0.3, 0.4) is 0 Å². The highest BCUT2D eigenvalue weighted by Crippen LogP contribution is 2.24. The van der Waals surface area contributed by atoms with Gasteiger partial charge in [0.1, 0.15) is 5.75 Å². The Morgan fingerprint density at radius 1 is 1.19 bits per heavy atom. The second-order valence-corrected chi connectivity index (χ2v) is 8.63. The molecule has 0 saturated carbocycles. The first-order valence-corrected chi connectivity index (χ1v) is 10.2. The molecule has 0 bridgehead atoms. The van der Waals surface area contributed by atoms with E-state index in [1.807, 2.05) is 36.2 Å². The van der Waals surface area contributed by atoms with E-state index in [2.05, 4.69) is 5.32 Å². The minimum atomic E-state index is -2.92. The van der Waals surface area contributed by atoms with Crippen LogP contribution in [0.4, 0.5) is 11.4 Å². The molecule has 6 nitrogen and oxygen atoms in total. The lowest BCUT2D eigenvalue weighted by Gasteiger charge is -2.25. The first kappa shape index (κ1) is 18.3. The number of rotatable bonds is 5. The highest BCUT2D eigenvalue weighted by molar-refractivity contribution is 7.91. The van der Waals surface area contributed by atoms with Gasteiger partial charge in [0.05, 0.1) is 18.6 Å². The number of nitrogens with one attached hydrogen (secondary N) is 1. The van der Waals surface area contributed by atoms with Crippen LogP contribution in [0, 0.1) is 0 Å². The molecule has 138 valence electrons. The summed E-state index contributed by atoms with van der Waals surface area (Å²) in [5.74, 6) is 0.849. The zero-order valence-electron chi connectivity index (χ0n) is 14.8. The highest BCUT2D eigenvalue weighted by Gasteiger charge is 2.30. The quantitative estimate of drug-likeness (QED) is 0.871. The minimum absolute atomic E-state index is 0.00257. The summed E-state index contributed by atoms with van der Waals surface area (Å²) in [5.41, 5.74) is 2.11. The van der Waals surface area contributed by atoms with E-state index in [0.717, 1.165) is 5.69 Å². The molecular formula is C19H22N2O4S. The van der Waals surface area contributed by atoms with Crippen LogP contribution in [-0.4, -0.2) is 46.0 Å². The van der Waals surface area contributed by atoms with Crippen LogP contribution in [0.1, 0.15) is 16.8 Å². The van der Waals surface area contributed by atoms with E-state index < -0.39 is 9.84 Å². The Morgan fingerprint density at radius 2 is 1.92 bits per heavy atom. The van der Waals surface area contributed by atoms with Crippen LogP contribution in [0.25, 0.3) is 0 Å². The van der Waals surface area contributed by atoms with Gasteiger partial charge in [0.25, 0.3) is 5.91 Å². The predicted molar refractivity (Wildman–Crippen MR) is 103 cm³/mol. The molecule has 1 aliphatic heterocycles. The molecule has 1 fully saturated rings. The van der Waals surface area contributed by atoms with Crippen LogP contribution in [0.5, 0.6) is 5.75 Å². The van der Waals surface area contributed by atoms with E-state index in [0.29, 0.717) is 23.4 Å². The Hall–Kier alpha value is -2.54. The number of benzene rings is 2. The van der Waals surface area contributed by atoms with Crippen molar-refractivity contribution in [3.05, 3.63) is 54.1 Å². The number of methoxy groups -OCH3 is 1. The van der Waals surface area contributed by atoms with Crippen molar-refractivity contribution >= 4 is 27.1 Å². The average molecular weight is 374 g/mol. The Balaban J connectivity index is 1.66. The summed E-state index contributed by atoms with van der Waals surface area (Å²) >= 11 is 0. The average Bonchev–Trinajstić information content (AvgIpc) is 3.01. The molecular weight excluding hydrogens is 352 g/mol. The summed E-state index contributed by atoms with van der Waals surface area (Å²) in [7, 11) is 0.538. The van der Waals surface area contributed by atoms with Crippen LogP contribution >= 0.6 is 0 Å². The summed E-state index contributed by atoms with van der Waals surface area (Å²) in [6.07, 6.45) is 0.646. The lowest BCUT2D eigenvalue weighted by Crippen LogP contribution is -2.32. The summed E-state index contributed by atoms with van der Waals surface area (Å²) in [6.45, 7) is 0. The maximum Gasteiger partial charge on any atom is 0.255 e. The molecule has 26 heavy (non-hydrogen) atoms. The molecule has 1 unspecified atom stereocenters. The number of anilines is 2. The number of carbonyl (C=O) groups excluding carboxylic acids is 1. The van der Waals surface area contributed by atoms with Gasteiger partial charge in [-0.15, -0.1) is 0 Å². The van der Waals surface area contributed by atoms with Gasteiger partial charge in [0.15, 0.2) is 9.84 Å². The lowest BCUT2D eigenvalue weighted by atomic mass is 10.1. The number of ether oxygens (including phenoxy) is 1. The van der Waals surface area contributed by atoms with Crippen molar-refractivity contribution in [2.24, 2.45) is 0 Å². The van der Waals surface area contributed by atoms with Crippen molar-refractivity contribution in [3.8, 4) is 5.75 Å². The minimum Gasteiger partial charge on any atom is -0.497 e. The van der Waals surface area contributed by atoms with Crippen LogP contribution in [0.2, 0.25) is 0 Å². The standard InChI is InChI=1S/C19H22N2O4S/c1-21(17-10-11-26(23,24)13-17)16-8-6-15(7-9-16)20-19(22)14-4-3-5-18(12-14)25-2/h3-9,12,17H,10-11,13H2,1-2H3,(H,20,22). The number of nitrogens with zero attached hydrogens (tertiary/aromatic N) is 1. The highest BCUT2D eigenvalue weighted by atomic mass is 32.2. The third-order valence-corrected chi connectivity index (χ3v) is 6.37. The first-order valence-electron chi connectivity index (χ1n) is 8.37. The van der Waals surface area contributed by atoms with Gasteiger partial charge in [-0.2, -0.15) is 0 Å². The SMILES string of the molecule is COc1cccc(C(=O)Nc2ccc(N(C)C3CCS(=O)(=O)C3)cc2)c1. The maximum atomic E-state index is 12.3. The third-order valence-electron chi connectivity index (χ3n) is 4.62. The largest absolute Gasteiger partial charge is 0.497 e. The van der Waals surface area contributed by atoms with Crippen molar-refractivity contribution < 1.29 is 17.9 Å². The van der Waals surface area contributed by atoms with E-state index in [4.69, 9.17) is 4.74 Å². The molecule has 1 atom stereocenters. The fourth-order valence-corrected chi connectivity index (χ4v) is 4.81. The second-order valence-electron chi connectivity index (χ2n) is 6.40. The number of carbonyl (C=O) groups is 1. The molecule has 1 saturated heterocycles. The van der Waals surface area contributed by atoms with Crippen LogP contribution in [0.15, 0.2) is 48.5 Å². The monoisotopic (exact) mass is 374 g/mol. The van der Waals surface area contributed by atoms with E-state index in [-0.39, 0.29) is 23.5 Å². The molecule has 7 heteroatoms. The molecule has 1 amide bonds.